The highest BCUT2D eigenvalue weighted by Crippen LogP contribution is 2.20. The van der Waals surface area contributed by atoms with Gasteiger partial charge in [-0.1, -0.05) is 6.07 Å². The van der Waals surface area contributed by atoms with Gasteiger partial charge in [-0.3, -0.25) is 4.68 Å². The van der Waals surface area contributed by atoms with Crippen LogP contribution in [0.1, 0.15) is 36.6 Å². The van der Waals surface area contributed by atoms with Crippen LogP contribution in [0.3, 0.4) is 0 Å². The molecule has 1 aromatic heterocycles. The molecule has 0 aliphatic heterocycles. The van der Waals surface area contributed by atoms with Crippen LogP contribution in [0, 0.1) is 13.8 Å². The maximum Gasteiger partial charge on any atom is 0.0542 e. The molecule has 0 saturated heterocycles. The Balaban J connectivity index is 2.10. The number of nitrogens with zero attached hydrogens (tertiary/aromatic N) is 2. The van der Waals surface area contributed by atoms with E-state index in [-0.39, 0.29) is 6.04 Å². The van der Waals surface area contributed by atoms with Crippen LogP contribution in [-0.2, 0) is 6.54 Å². The highest BCUT2D eigenvalue weighted by Gasteiger charge is 2.08. The lowest BCUT2D eigenvalue weighted by atomic mass is 10.1. The van der Waals surface area contributed by atoms with Crippen molar-refractivity contribution >= 4 is 5.69 Å². The van der Waals surface area contributed by atoms with Crippen LogP contribution in [0.25, 0.3) is 0 Å². The van der Waals surface area contributed by atoms with E-state index >= 15 is 0 Å². The second-order valence-electron chi connectivity index (χ2n) is 4.79. The average Bonchev–Trinajstić information content (AvgIpc) is 2.82. The lowest BCUT2D eigenvalue weighted by Crippen LogP contribution is -2.06. The summed E-state index contributed by atoms with van der Waals surface area (Å²) < 4.78 is 1.95. The molecule has 3 heteroatoms. The van der Waals surface area contributed by atoms with Crippen molar-refractivity contribution in [2.45, 2.75) is 40.3 Å². The summed E-state index contributed by atoms with van der Waals surface area (Å²) in [5.41, 5.74) is 5.02. The fourth-order valence-corrected chi connectivity index (χ4v) is 1.94. The maximum atomic E-state index is 4.31. The van der Waals surface area contributed by atoms with E-state index in [1.165, 1.54) is 16.7 Å². The van der Waals surface area contributed by atoms with Gasteiger partial charge in [0.1, 0.15) is 0 Å². The Morgan fingerprint density at radius 2 is 2.06 bits per heavy atom. The molecule has 0 spiro atoms. The van der Waals surface area contributed by atoms with Crippen molar-refractivity contribution < 1.29 is 0 Å². The Morgan fingerprint density at radius 1 is 1.28 bits per heavy atom. The van der Waals surface area contributed by atoms with Crippen LogP contribution >= 0.6 is 0 Å². The zero-order chi connectivity index (χ0) is 13.1. The van der Waals surface area contributed by atoms with Gasteiger partial charge in [0.2, 0.25) is 0 Å². The van der Waals surface area contributed by atoms with Crippen LogP contribution in [0.15, 0.2) is 30.6 Å². The zero-order valence-electron chi connectivity index (χ0n) is 11.6. The molecule has 1 heterocycles. The molecule has 0 radical (unpaired) electrons. The molecule has 0 saturated carbocycles. The first kappa shape index (κ1) is 12.7. The Hall–Kier alpha value is -1.77. The molecule has 1 unspecified atom stereocenters. The second kappa shape index (κ2) is 5.25. The van der Waals surface area contributed by atoms with Gasteiger partial charge in [-0.25, -0.2) is 0 Å². The van der Waals surface area contributed by atoms with Gasteiger partial charge >= 0.3 is 0 Å². The monoisotopic (exact) mass is 243 g/mol. The second-order valence-corrected chi connectivity index (χ2v) is 4.79. The highest BCUT2D eigenvalue weighted by molar-refractivity contribution is 5.49. The van der Waals surface area contributed by atoms with Crippen molar-refractivity contribution in [3.8, 4) is 0 Å². The van der Waals surface area contributed by atoms with Gasteiger partial charge in [0.15, 0.2) is 0 Å². The summed E-state index contributed by atoms with van der Waals surface area (Å²) in [6, 6.07) is 6.74. The summed E-state index contributed by atoms with van der Waals surface area (Å²) in [5.74, 6) is 0. The van der Waals surface area contributed by atoms with Crippen molar-refractivity contribution in [1.29, 1.82) is 0 Å². The lowest BCUT2D eigenvalue weighted by Gasteiger charge is -2.14. The first-order valence-electron chi connectivity index (χ1n) is 6.46. The summed E-state index contributed by atoms with van der Waals surface area (Å²) in [6.45, 7) is 9.44. The predicted octanol–water partition coefficient (Wildman–Crippen LogP) is 3.69. The van der Waals surface area contributed by atoms with E-state index in [4.69, 9.17) is 0 Å². The molecular weight excluding hydrogens is 222 g/mol. The molecule has 1 aromatic carbocycles. The molecule has 2 rings (SSSR count). The number of anilines is 1. The molecule has 0 fully saturated rings. The Morgan fingerprint density at radius 3 is 2.67 bits per heavy atom. The molecular formula is C15H21N3. The van der Waals surface area contributed by atoms with Crippen molar-refractivity contribution in [2.24, 2.45) is 0 Å². The summed E-state index contributed by atoms with van der Waals surface area (Å²) in [7, 11) is 0. The van der Waals surface area contributed by atoms with Gasteiger partial charge < -0.3 is 5.32 Å². The summed E-state index contributed by atoms with van der Waals surface area (Å²) in [4.78, 5) is 0. The molecule has 2 aromatic rings. The van der Waals surface area contributed by atoms with E-state index in [0.29, 0.717) is 0 Å². The smallest absolute Gasteiger partial charge is 0.0542 e. The standard InChI is InChI=1S/C15H21N3/c1-5-18-10-14(9-16-18)13(4)17-15-7-6-11(2)12(3)8-15/h6-10,13,17H,5H2,1-4H3. The minimum Gasteiger partial charge on any atom is -0.378 e. The summed E-state index contributed by atoms with van der Waals surface area (Å²) >= 11 is 0. The van der Waals surface area contributed by atoms with E-state index in [1.54, 1.807) is 0 Å². The van der Waals surface area contributed by atoms with Gasteiger partial charge in [0.25, 0.3) is 0 Å². The lowest BCUT2D eigenvalue weighted by molar-refractivity contribution is 0.658. The van der Waals surface area contributed by atoms with E-state index in [9.17, 15) is 0 Å². The van der Waals surface area contributed by atoms with Crippen molar-refractivity contribution in [3.05, 3.63) is 47.3 Å². The predicted molar refractivity (Wildman–Crippen MR) is 75.9 cm³/mol. The van der Waals surface area contributed by atoms with E-state index < -0.39 is 0 Å². The molecule has 1 N–H and O–H groups in total. The number of nitrogens with one attached hydrogen (secondary N) is 1. The van der Waals surface area contributed by atoms with Crippen LogP contribution in [-0.4, -0.2) is 9.78 Å². The van der Waals surface area contributed by atoms with Crippen LogP contribution in [0.2, 0.25) is 0 Å². The number of hydrogen-bond acceptors (Lipinski definition) is 2. The molecule has 0 aliphatic rings. The number of rotatable bonds is 4. The van der Waals surface area contributed by atoms with Gasteiger partial charge in [-0.05, 0) is 51.0 Å². The Labute approximate surface area is 109 Å². The quantitative estimate of drug-likeness (QED) is 0.887. The van der Waals surface area contributed by atoms with E-state index in [0.717, 1.165) is 12.2 Å². The fraction of sp³-hybridized carbons (Fsp3) is 0.400. The van der Waals surface area contributed by atoms with Crippen LogP contribution in [0.4, 0.5) is 5.69 Å². The molecule has 0 bridgehead atoms. The van der Waals surface area contributed by atoms with Crippen LogP contribution < -0.4 is 5.32 Å². The van der Waals surface area contributed by atoms with Crippen molar-refractivity contribution in [1.82, 2.24) is 9.78 Å². The third-order valence-corrected chi connectivity index (χ3v) is 3.37. The topological polar surface area (TPSA) is 29.9 Å². The van der Waals surface area contributed by atoms with Crippen LogP contribution in [0.5, 0.6) is 0 Å². The van der Waals surface area contributed by atoms with Crippen molar-refractivity contribution in [2.75, 3.05) is 5.32 Å². The number of aryl methyl sites for hydroxylation is 3. The minimum atomic E-state index is 0.271. The van der Waals surface area contributed by atoms with Gasteiger partial charge in [-0.15, -0.1) is 0 Å². The summed E-state index contributed by atoms with van der Waals surface area (Å²) in [6.07, 6.45) is 4.03. The molecule has 0 aliphatic carbocycles. The van der Waals surface area contributed by atoms with E-state index in [1.807, 2.05) is 10.9 Å². The average molecular weight is 243 g/mol. The highest BCUT2D eigenvalue weighted by atomic mass is 15.3. The SMILES string of the molecule is CCn1cc(C(C)Nc2ccc(C)c(C)c2)cn1. The molecule has 0 amide bonds. The first-order valence-corrected chi connectivity index (χ1v) is 6.46. The third-order valence-electron chi connectivity index (χ3n) is 3.37. The van der Waals surface area contributed by atoms with Gasteiger partial charge in [0, 0.05) is 24.0 Å². The normalized spacial score (nSPS) is 12.4. The Bertz CT molecular complexity index is 528. The van der Waals surface area contributed by atoms with Gasteiger partial charge in [0.05, 0.1) is 12.2 Å². The number of benzene rings is 1. The number of hydrogen-bond donors (Lipinski definition) is 1. The fourth-order valence-electron chi connectivity index (χ4n) is 1.94. The van der Waals surface area contributed by atoms with Crippen molar-refractivity contribution in [3.63, 3.8) is 0 Å². The minimum absolute atomic E-state index is 0.271. The molecule has 3 nitrogen and oxygen atoms in total. The summed E-state index contributed by atoms with van der Waals surface area (Å²) in [5, 5.41) is 7.82. The zero-order valence-corrected chi connectivity index (χ0v) is 11.6. The van der Waals surface area contributed by atoms with Gasteiger partial charge in [-0.2, -0.15) is 5.10 Å². The first-order chi connectivity index (χ1) is 8.60. The molecule has 1 atom stereocenters. The van der Waals surface area contributed by atoms with E-state index in [2.05, 4.69) is 62.5 Å². The maximum absolute atomic E-state index is 4.31. The molecule has 96 valence electrons. The third kappa shape index (κ3) is 2.73. The number of aromatic nitrogens is 2. The molecule has 18 heavy (non-hydrogen) atoms. The Kier molecular flexibility index (Phi) is 3.70. The largest absolute Gasteiger partial charge is 0.378 e.